The smallest absolute Gasteiger partial charge is 0.230 e. The maximum absolute atomic E-state index is 13.1. The predicted octanol–water partition coefficient (Wildman–Crippen LogP) is 2.65. The van der Waals surface area contributed by atoms with Crippen LogP contribution in [0.1, 0.15) is 31.9 Å². The molecule has 2 atom stereocenters. The first-order valence-electron chi connectivity index (χ1n) is 6.45. The molecule has 0 bridgehead atoms. The zero-order chi connectivity index (χ0) is 15.1. The van der Waals surface area contributed by atoms with Gasteiger partial charge in [0.15, 0.2) is 11.6 Å². The van der Waals surface area contributed by atoms with Crippen molar-refractivity contribution >= 4 is 17.7 Å². The monoisotopic (exact) mass is 303 g/mol. The molecule has 0 radical (unpaired) electrons. The van der Waals surface area contributed by atoms with Crippen LogP contribution in [-0.4, -0.2) is 28.6 Å². The van der Waals surface area contributed by atoms with Crippen LogP contribution in [-0.2, 0) is 4.79 Å². The first-order chi connectivity index (χ1) is 9.45. The number of halogens is 2. The Morgan fingerprint density at radius 2 is 2.10 bits per heavy atom. The fourth-order valence-corrected chi connectivity index (χ4v) is 2.37. The van der Waals surface area contributed by atoms with Crippen molar-refractivity contribution in [3.8, 4) is 0 Å². The Morgan fingerprint density at radius 1 is 1.40 bits per heavy atom. The number of hydrogen-bond donors (Lipinski definition) is 2. The number of hydrogen-bond acceptors (Lipinski definition) is 3. The summed E-state index contributed by atoms with van der Waals surface area (Å²) in [7, 11) is 0. The van der Waals surface area contributed by atoms with Crippen LogP contribution in [0, 0.1) is 11.6 Å². The number of thioether (sulfide) groups is 1. The third-order valence-corrected chi connectivity index (χ3v) is 3.89. The van der Waals surface area contributed by atoms with Gasteiger partial charge in [0.25, 0.3) is 0 Å². The molecule has 1 rings (SSSR count). The summed E-state index contributed by atoms with van der Waals surface area (Å²) in [6.45, 7) is 3.65. The van der Waals surface area contributed by atoms with Gasteiger partial charge in [-0.25, -0.2) is 8.78 Å². The maximum atomic E-state index is 13.1. The Hall–Kier alpha value is -1.14. The van der Waals surface area contributed by atoms with Crippen LogP contribution in [0.2, 0.25) is 0 Å². The van der Waals surface area contributed by atoms with Gasteiger partial charge < -0.3 is 10.4 Å². The molecule has 112 valence electrons. The lowest BCUT2D eigenvalue weighted by atomic mass is 10.0. The number of aliphatic hydroxyl groups is 1. The van der Waals surface area contributed by atoms with Gasteiger partial charge in [-0.1, -0.05) is 13.0 Å². The summed E-state index contributed by atoms with van der Waals surface area (Å²) in [5.74, 6) is -0.944. The lowest BCUT2D eigenvalue weighted by Crippen LogP contribution is -2.38. The number of amides is 1. The predicted molar refractivity (Wildman–Crippen MR) is 76.5 cm³/mol. The van der Waals surface area contributed by atoms with Crippen LogP contribution in [0.15, 0.2) is 18.2 Å². The van der Waals surface area contributed by atoms with Gasteiger partial charge in [-0.2, -0.15) is 11.8 Å². The van der Waals surface area contributed by atoms with Crippen molar-refractivity contribution in [3.63, 3.8) is 0 Å². The Balaban J connectivity index is 2.55. The van der Waals surface area contributed by atoms with Gasteiger partial charge in [0.2, 0.25) is 5.91 Å². The summed E-state index contributed by atoms with van der Waals surface area (Å²) in [4.78, 5) is 11.6. The molecular formula is C14H19F2NO2S. The second kappa shape index (κ2) is 8.21. The number of carbonyl (C=O) groups excluding carboxylic acids is 1. The molecule has 0 saturated carbocycles. The third-order valence-electron chi connectivity index (χ3n) is 2.73. The molecule has 2 unspecified atom stereocenters. The molecular weight excluding hydrogens is 284 g/mol. The van der Waals surface area contributed by atoms with Crippen LogP contribution in [0.3, 0.4) is 0 Å². The second-order valence-corrected chi connectivity index (χ2v) is 5.63. The molecule has 0 aromatic heterocycles. The van der Waals surface area contributed by atoms with Crippen molar-refractivity contribution in [3.05, 3.63) is 35.4 Å². The van der Waals surface area contributed by atoms with Gasteiger partial charge in [-0.05, 0) is 36.8 Å². The van der Waals surface area contributed by atoms with Crippen LogP contribution in [0.4, 0.5) is 8.78 Å². The number of rotatable bonds is 7. The highest BCUT2D eigenvalue weighted by atomic mass is 32.2. The molecule has 0 aliphatic carbocycles. The molecule has 3 nitrogen and oxygen atoms in total. The van der Waals surface area contributed by atoms with E-state index in [4.69, 9.17) is 0 Å². The van der Waals surface area contributed by atoms with Crippen molar-refractivity contribution in [1.29, 1.82) is 0 Å². The van der Waals surface area contributed by atoms with E-state index in [1.165, 1.54) is 17.8 Å². The maximum Gasteiger partial charge on any atom is 0.230 e. The second-order valence-electron chi connectivity index (χ2n) is 4.53. The van der Waals surface area contributed by atoms with E-state index in [-0.39, 0.29) is 11.5 Å². The van der Waals surface area contributed by atoms with Gasteiger partial charge in [-0.3, -0.25) is 4.79 Å². The van der Waals surface area contributed by atoms with Crippen molar-refractivity contribution < 1.29 is 18.7 Å². The number of nitrogens with one attached hydrogen (secondary N) is 1. The average molecular weight is 303 g/mol. The summed E-state index contributed by atoms with van der Waals surface area (Å²) in [5, 5.41) is 12.7. The molecule has 2 N–H and O–H groups in total. The van der Waals surface area contributed by atoms with Crippen molar-refractivity contribution in [2.75, 3.05) is 11.5 Å². The fourth-order valence-electron chi connectivity index (χ4n) is 1.67. The van der Waals surface area contributed by atoms with E-state index in [1.807, 2.05) is 6.92 Å². The fraction of sp³-hybridized carbons (Fsp3) is 0.500. The van der Waals surface area contributed by atoms with Gasteiger partial charge in [0.05, 0.1) is 17.9 Å². The minimum Gasteiger partial charge on any atom is -0.386 e. The molecule has 1 aromatic rings. The van der Waals surface area contributed by atoms with Crippen molar-refractivity contribution in [2.24, 2.45) is 0 Å². The quantitative estimate of drug-likeness (QED) is 0.761. The summed E-state index contributed by atoms with van der Waals surface area (Å²) in [5.41, 5.74) is 0.234. The highest BCUT2D eigenvalue weighted by molar-refractivity contribution is 7.99. The molecule has 0 fully saturated rings. The molecule has 6 heteroatoms. The summed E-state index contributed by atoms with van der Waals surface area (Å²) in [6.07, 6.45) is -0.0874. The van der Waals surface area contributed by atoms with Crippen LogP contribution >= 0.6 is 11.8 Å². The minimum atomic E-state index is -1.08. The van der Waals surface area contributed by atoms with Crippen LogP contribution in [0.5, 0.6) is 0 Å². The van der Waals surface area contributed by atoms with E-state index in [0.717, 1.165) is 24.3 Å². The highest BCUT2D eigenvalue weighted by Crippen LogP contribution is 2.19. The lowest BCUT2D eigenvalue weighted by Gasteiger charge is -2.20. The third kappa shape index (κ3) is 5.09. The molecule has 1 amide bonds. The van der Waals surface area contributed by atoms with Crippen LogP contribution in [0.25, 0.3) is 0 Å². The topological polar surface area (TPSA) is 49.3 Å². The van der Waals surface area contributed by atoms with E-state index in [2.05, 4.69) is 5.32 Å². The summed E-state index contributed by atoms with van der Waals surface area (Å²) >= 11 is 1.51. The summed E-state index contributed by atoms with van der Waals surface area (Å²) < 4.78 is 25.9. The molecule has 0 saturated heterocycles. The Kier molecular flexibility index (Phi) is 6.95. The number of aliphatic hydroxyl groups excluding tert-OH is 1. The van der Waals surface area contributed by atoms with Gasteiger partial charge in [0, 0.05) is 0 Å². The van der Waals surface area contributed by atoms with Crippen molar-refractivity contribution in [2.45, 2.75) is 32.4 Å². The van der Waals surface area contributed by atoms with E-state index in [1.54, 1.807) is 6.92 Å². The molecule has 0 aliphatic rings. The zero-order valence-electron chi connectivity index (χ0n) is 11.5. The largest absolute Gasteiger partial charge is 0.386 e. The normalized spacial score (nSPS) is 13.8. The van der Waals surface area contributed by atoms with E-state index in [0.29, 0.717) is 5.75 Å². The SMILES string of the molecule is CCCSCC(=O)NC(C)C(O)c1ccc(F)c(F)c1. The first kappa shape index (κ1) is 16.9. The van der Waals surface area contributed by atoms with Crippen LogP contribution < -0.4 is 5.32 Å². The molecule has 1 aromatic carbocycles. The zero-order valence-corrected chi connectivity index (χ0v) is 12.3. The molecule has 0 aliphatic heterocycles. The molecule has 20 heavy (non-hydrogen) atoms. The Morgan fingerprint density at radius 3 is 2.70 bits per heavy atom. The Bertz CT molecular complexity index is 457. The minimum absolute atomic E-state index is 0.183. The highest BCUT2D eigenvalue weighted by Gasteiger charge is 2.19. The Labute approximate surface area is 121 Å². The van der Waals surface area contributed by atoms with Crippen molar-refractivity contribution in [1.82, 2.24) is 5.32 Å². The van der Waals surface area contributed by atoms with Gasteiger partial charge in [0.1, 0.15) is 0 Å². The lowest BCUT2D eigenvalue weighted by molar-refractivity contribution is -0.119. The van der Waals surface area contributed by atoms with E-state index in [9.17, 15) is 18.7 Å². The summed E-state index contributed by atoms with van der Waals surface area (Å²) in [6, 6.07) is 2.63. The van der Waals surface area contributed by atoms with E-state index < -0.39 is 23.8 Å². The average Bonchev–Trinajstić information content (AvgIpc) is 2.41. The number of benzene rings is 1. The van der Waals surface area contributed by atoms with Gasteiger partial charge in [-0.15, -0.1) is 0 Å². The number of carbonyl (C=O) groups is 1. The first-order valence-corrected chi connectivity index (χ1v) is 7.61. The van der Waals surface area contributed by atoms with E-state index >= 15 is 0 Å². The molecule has 0 spiro atoms. The van der Waals surface area contributed by atoms with Gasteiger partial charge >= 0.3 is 0 Å². The standard InChI is InChI=1S/C14H19F2NO2S/c1-3-6-20-8-13(18)17-9(2)14(19)10-4-5-11(15)12(16)7-10/h4-5,7,9,14,19H,3,6,8H2,1-2H3,(H,17,18). The molecule has 0 heterocycles.